The topological polar surface area (TPSA) is 107 Å². The number of nitrogens with two attached hydrogens (primary N) is 1. The Morgan fingerprint density at radius 3 is 2.19 bits per heavy atom. The highest BCUT2D eigenvalue weighted by atomic mass is 16.5. The molecule has 0 saturated carbocycles. The highest BCUT2D eigenvalue weighted by molar-refractivity contribution is 5.55. The highest BCUT2D eigenvalue weighted by Crippen LogP contribution is 2.38. The molecule has 0 bridgehead atoms. The van der Waals surface area contributed by atoms with E-state index in [0.29, 0.717) is 18.2 Å². The van der Waals surface area contributed by atoms with Crippen LogP contribution in [0.15, 0.2) is 77.3 Å². The maximum Gasteiger partial charge on any atom is 0.313 e. The van der Waals surface area contributed by atoms with E-state index in [4.69, 9.17) is 14.9 Å². The number of ether oxygens (including phenoxy) is 1. The van der Waals surface area contributed by atoms with Gasteiger partial charge in [0.25, 0.3) is 0 Å². The van der Waals surface area contributed by atoms with Gasteiger partial charge in [0.05, 0.1) is 5.69 Å². The molecule has 3 N–H and O–H groups in total. The number of aliphatic hydroxyl groups is 1. The van der Waals surface area contributed by atoms with Crippen molar-refractivity contribution < 1.29 is 14.3 Å². The van der Waals surface area contributed by atoms with Gasteiger partial charge in [0, 0.05) is 11.8 Å². The number of hydrogen-bond acceptors (Lipinski definition) is 7. The van der Waals surface area contributed by atoms with Gasteiger partial charge in [-0.1, -0.05) is 49.3 Å². The van der Waals surface area contributed by atoms with E-state index in [1.807, 2.05) is 80.6 Å². The molecule has 0 radical (unpaired) electrons. The lowest BCUT2D eigenvalue weighted by atomic mass is 9.77. The Bertz CT molecular complexity index is 1130. The van der Waals surface area contributed by atoms with E-state index in [1.165, 1.54) is 0 Å². The molecule has 4 aromatic rings. The van der Waals surface area contributed by atoms with Crippen molar-refractivity contribution in [1.82, 2.24) is 15.2 Å². The second kappa shape index (κ2) is 8.57. The monoisotopic (exact) mass is 416 g/mol. The van der Waals surface area contributed by atoms with Crippen LogP contribution >= 0.6 is 0 Å². The summed E-state index contributed by atoms with van der Waals surface area (Å²) in [6.07, 6.45) is 1.74. The molecule has 2 aromatic heterocycles. The number of nitrogens with zero attached hydrogens (tertiary/aromatic N) is 3. The number of benzene rings is 2. The lowest BCUT2D eigenvalue weighted by Gasteiger charge is -2.33. The molecule has 0 aliphatic rings. The van der Waals surface area contributed by atoms with Gasteiger partial charge in [-0.2, -0.15) is 0 Å². The fraction of sp³-hybridized carbons (Fsp3) is 0.208. The number of anilines is 1. The first kappa shape index (κ1) is 20.6. The van der Waals surface area contributed by atoms with Crippen LogP contribution < -0.4 is 10.5 Å². The number of nitrogen functional groups attached to an aromatic ring is 1. The molecular weight excluding hydrogens is 392 g/mol. The minimum Gasteiger partial charge on any atom is -0.487 e. The Morgan fingerprint density at radius 2 is 1.65 bits per heavy atom. The second-order valence-electron chi connectivity index (χ2n) is 7.58. The van der Waals surface area contributed by atoms with Crippen LogP contribution in [0.2, 0.25) is 0 Å². The van der Waals surface area contributed by atoms with Gasteiger partial charge in [-0.25, -0.2) is 0 Å². The van der Waals surface area contributed by atoms with E-state index in [-0.39, 0.29) is 11.9 Å². The molecule has 31 heavy (non-hydrogen) atoms. The van der Waals surface area contributed by atoms with Crippen molar-refractivity contribution >= 4 is 6.01 Å². The van der Waals surface area contributed by atoms with Crippen LogP contribution in [0, 0.1) is 5.92 Å². The second-order valence-corrected chi connectivity index (χ2v) is 7.58. The van der Waals surface area contributed by atoms with Crippen molar-refractivity contribution in [2.24, 2.45) is 5.92 Å². The maximum atomic E-state index is 11.7. The van der Waals surface area contributed by atoms with Crippen LogP contribution in [0.3, 0.4) is 0 Å². The third-order valence-electron chi connectivity index (χ3n) is 5.26. The third-order valence-corrected chi connectivity index (χ3v) is 5.26. The zero-order valence-corrected chi connectivity index (χ0v) is 17.4. The lowest BCUT2D eigenvalue weighted by Crippen LogP contribution is -2.33. The zero-order chi connectivity index (χ0) is 21.8. The minimum absolute atomic E-state index is 0.0168. The molecule has 7 heteroatoms. The van der Waals surface area contributed by atoms with Crippen molar-refractivity contribution in [2.45, 2.75) is 26.1 Å². The Morgan fingerprint density at radius 1 is 0.968 bits per heavy atom. The molecule has 7 nitrogen and oxygen atoms in total. The normalized spacial score (nSPS) is 13.2. The van der Waals surface area contributed by atoms with Crippen LogP contribution in [0.4, 0.5) is 6.01 Å². The van der Waals surface area contributed by atoms with Crippen LogP contribution in [0.1, 0.15) is 30.7 Å². The molecule has 4 rings (SSSR count). The average molecular weight is 416 g/mol. The lowest BCUT2D eigenvalue weighted by molar-refractivity contribution is 0.0317. The van der Waals surface area contributed by atoms with Crippen LogP contribution in [0.5, 0.6) is 5.75 Å². The van der Waals surface area contributed by atoms with Gasteiger partial charge in [-0.05, 0) is 53.4 Å². The standard InChI is InChI=1S/C24H24N4O3/c1-16(2)24(29,18-8-6-17(7-9-18)22-27-28-23(25)31-22)19-10-12-21(13-11-19)30-15-20-5-3-4-14-26-20/h3-14,16,29H,15H2,1-2H3,(H2,25,28). The minimum atomic E-state index is -1.17. The summed E-state index contributed by atoms with van der Waals surface area (Å²) in [5, 5.41) is 19.2. The first-order chi connectivity index (χ1) is 15.0. The quantitative estimate of drug-likeness (QED) is 0.465. The van der Waals surface area contributed by atoms with Gasteiger partial charge < -0.3 is 20.0 Å². The van der Waals surface area contributed by atoms with Gasteiger partial charge >= 0.3 is 6.01 Å². The molecule has 2 aromatic carbocycles. The maximum absolute atomic E-state index is 11.7. The number of hydrogen-bond donors (Lipinski definition) is 2. The summed E-state index contributed by atoms with van der Waals surface area (Å²) >= 11 is 0. The molecule has 158 valence electrons. The van der Waals surface area contributed by atoms with Crippen molar-refractivity contribution in [3.8, 4) is 17.2 Å². The SMILES string of the molecule is CC(C)C(O)(c1ccc(OCc2ccccn2)cc1)c1ccc(-c2nnc(N)o2)cc1. The Kier molecular flexibility index (Phi) is 5.68. The summed E-state index contributed by atoms with van der Waals surface area (Å²) < 4.78 is 11.1. The van der Waals surface area contributed by atoms with Gasteiger partial charge in [0.1, 0.15) is 18.0 Å². The molecule has 0 aliphatic heterocycles. The van der Waals surface area contributed by atoms with Gasteiger partial charge in [0.2, 0.25) is 5.89 Å². The van der Waals surface area contributed by atoms with Crippen LogP contribution in [-0.4, -0.2) is 20.3 Å². The summed E-state index contributed by atoms with van der Waals surface area (Å²) in [5.41, 5.74) is 7.46. The predicted octanol–water partition coefficient (Wildman–Crippen LogP) is 4.18. The van der Waals surface area contributed by atoms with Gasteiger partial charge in [-0.3, -0.25) is 4.98 Å². The Labute approximate surface area is 180 Å². The predicted molar refractivity (Wildman–Crippen MR) is 117 cm³/mol. The number of pyridine rings is 1. The summed E-state index contributed by atoms with van der Waals surface area (Å²) in [6.45, 7) is 4.35. The average Bonchev–Trinajstić information content (AvgIpc) is 3.24. The van der Waals surface area contributed by atoms with E-state index in [9.17, 15) is 5.11 Å². The van der Waals surface area contributed by atoms with Crippen LogP contribution in [-0.2, 0) is 12.2 Å². The van der Waals surface area contributed by atoms with Crippen molar-refractivity contribution in [1.29, 1.82) is 0 Å². The summed E-state index contributed by atoms with van der Waals surface area (Å²) in [6, 6.07) is 20.6. The first-order valence-corrected chi connectivity index (χ1v) is 10.0. The van der Waals surface area contributed by atoms with Gasteiger partial charge in [0.15, 0.2) is 0 Å². The summed E-state index contributed by atoms with van der Waals surface area (Å²) in [5.74, 6) is 0.981. The third kappa shape index (κ3) is 4.27. The molecular formula is C24H24N4O3. The van der Waals surface area contributed by atoms with Crippen molar-refractivity contribution in [3.63, 3.8) is 0 Å². The molecule has 1 unspecified atom stereocenters. The number of aromatic nitrogens is 3. The molecule has 0 saturated heterocycles. The van der Waals surface area contributed by atoms with E-state index in [2.05, 4.69) is 15.2 Å². The van der Waals surface area contributed by atoms with E-state index < -0.39 is 5.60 Å². The van der Waals surface area contributed by atoms with Crippen molar-refractivity contribution in [2.75, 3.05) is 5.73 Å². The fourth-order valence-electron chi connectivity index (χ4n) is 3.50. The number of rotatable bonds is 7. The fourth-order valence-corrected chi connectivity index (χ4v) is 3.50. The van der Waals surface area contributed by atoms with E-state index in [1.54, 1.807) is 6.20 Å². The summed E-state index contributed by atoms with van der Waals surface area (Å²) in [4.78, 5) is 4.26. The molecule has 2 heterocycles. The largest absolute Gasteiger partial charge is 0.487 e. The Balaban J connectivity index is 1.55. The molecule has 0 aliphatic carbocycles. The highest BCUT2D eigenvalue weighted by Gasteiger charge is 2.35. The smallest absolute Gasteiger partial charge is 0.313 e. The van der Waals surface area contributed by atoms with E-state index in [0.717, 1.165) is 22.4 Å². The zero-order valence-electron chi connectivity index (χ0n) is 17.4. The molecule has 0 amide bonds. The van der Waals surface area contributed by atoms with E-state index >= 15 is 0 Å². The van der Waals surface area contributed by atoms with Gasteiger partial charge in [-0.15, -0.1) is 5.10 Å². The molecule has 1 atom stereocenters. The Hall–Kier alpha value is -3.71. The van der Waals surface area contributed by atoms with Crippen LogP contribution in [0.25, 0.3) is 11.5 Å². The van der Waals surface area contributed by atoms with Crippen molar-refractivity contribution in [3.05, 3.63) is 89.7 Å². The summed E-state index contributed by atoms with van der Waals surface area (Å²) in [7, 11) is 0. The molecule has 0 fully saturated rings. The first-order valence-electron chi connectivity index (χ1n) is 10.0. The molecule has 0 spiro atoms.